The van der Waals surface area contributed by atoms with E-state index in [9.17, 15) is 4.79 Å². The molecule has 7 heteroatoms. The Bertz CT molecular complexity index is 1070. The summed E-state index contributed by atoms with van der Waals surface area (Å²) in [7, 11) is 1.54. The molecular formula is C23H20Cl2N2O3. The fourth-order valence-electron chi connectivity index (χ4n) is 2.71. The van der Waals surface area contributed by atoms with Crippen LogP contribution in [0, 0.1) is 6.92 Å². The fraction of sp³-hybridized carbons (Fsp3) is 0.130. The average molecular weight is 443 g/mol. The van der Waals surface area contributed by atoms with Crippen molar-refractivity contribution in [3.8, 4) is 11.5 Å². The van der Waals surface area contributed by atoms with Crippen LogP contribution in [0.15, 0.2) is 65.8 Å². The number of aryl methyl sites for hydroxylation is 1. The number of nitrogens with zero attached hydrogens (tertiary/aromatic N) is 1. The number of methoxy groups -OCH3 is 1. The molecule has 0 spiro atoms. The molecule has 0 bridgehead atoms. The van der Waals surface area contributed by atoms with E-state index in [0.717, 1.165) is 11.1 Å². The van der Waals surface area contributed by atoms with Crippen molar-refractivity contribution in [3.05, 3.63) is 93.0 Å². The maximum absolute atomic E-state index is 12.1. The van der Waals surface area contributed by atoms with Gasteiger partial charge in [0, 0.05) is 10.6 Å². The van der Waals surface area contributed by atoms with Gasteiger partial charge in [-0.1, -0.05) is 47.5 Å². The van der Waals surface area contributed by atoms with E-state index >= 15 is 0 Å². The minimum Gasteiger partial charge on any atom is -0.493 e. The van der Waals surface area contributed by atoms with Crippen molar-refractivity contribution < 1.29 is 14.3 Å². The number of benzene rings is 3. The lowest BCUT2D eigenvalue weighted by Crippen LogP contribution is -2.17. The Morgan fingerprint density at radius 2 is 1.83 bits per heavy atom. The van der Waals surface area contributed by atoms with Crippen molar-refractivity contribution in [2.24, 2.45) is 5.10 Å². The highest BCUT2D eigenvalue weighted by Gasteiger charge is 2.12. The van der Waals surface area contributed by atoms with Gasteiger partial charge in [-0.3, -0.25) is 4.79 Å². The number of amides is 1. The molecule has 154 valence electrons. The Balaban J connectivity index is 1.70. The zero-order chi connectivity index (χ0) is 21.5. The zero-order valence-corrected chi connectivity index (χ0v) is 18.0. The SMILES string of the molecule is COc1cc(/C=N\NC(=O)c2ccc(Cl)cc2)cc(Cl)c1OCc1ccccc1C. The first-order valence-corrected chi connectivity index (χ1v) is 9.87. The monoisotopic (exact) mass is 442 g/mol. The Morgan fingerprint density at radius 1 is 1.10 bits per heavy atom. The third kappa shape index (κ3) is 5.53. The summed E-state index contributed by atoms with van der Waals surface area (Å²) in [6.07, 6.45) is 1.48. The van der Waals surface area contributed by atoms with Crippen molar-refractivity contribution in [3.63, 3.8) is 0 Å². The number of hydrazone groups is 1. The van der Waals surface area contributed by atoms with Crippen LogP contribution in [0.4, 0.5) is 0 Å². The van der Waals surface area contributed by atoms with E-state index in [2.05, 4.69) is 10.5 Å². The largest absolute Gasteiger partial charge is 0.493 e. The Morgan fingerprint density at radius 3 is 2.53 bits per heavy atom. The van der Waals surface area contributed by atoms with E-state index in [1.807, 2.05) is 31.2 Å². The number of carbonyl (C=O) groups is 1. The van der Waals surface area contributed by atoms with Crippen LogP contribution in [0.2, 0.25) is 10.0 Å². The number of hydrogen-bond donors (Lipinski definition) is 1. The van der Waals surface area contributed by atoms with Crippen molar-refractivity contribution in [1.82, 2.24) is 5.43 Å². The minimum atomic E-state index is -0.348. The normalized spacial score (nSPS) is 10.8. The number of rotatable bonds is 7. The molecule has 1 amide bonds. The molecule has 3 aromatic carbocycles. The van der Waals surface area contributed by atoms with Gasteiger partial charge in [-0.15, -0.1) is 0 Å². The second kappa shape index (κ2) is 10.1. The molecule has 0 saturated carbocycles. The molecule has 0 atom stereocenters. The molecule has 0 fully saturated rings. The van der Waals surface area contributed by atoms with Crippen LogP contribution in [0.5, 0.6) is 11.5 Å². The second-order valence-electron chi connectivity index (χ2n) is 6.46. The van der Waals surface area contributed by atoms with Gasteiger partial charge in [0.2, 0.25) is 0 Å². The predicted molar refractivity (Wildman–Crippen MR) is 120 cm³/mol. The Labute approximate surface area is 185 Å². The summed E-state index contributed by atoms with van der Waals surface area (Å²) in [4.78, 5) is 12.1. The maximum atomic E-state index is 12.1. The van der Waals surface area contributed by atoms with Crippen LogP contribution in [0.1, 0.15) is 27.0 Å². The van der Waals surface area contributed by atoms with Crippen LogP contribution < -0.4 is 14.9 Å². The number of hydrogen-bond acceptors (Lipinski definition) is 4. The Kier molecular flexibility index (Phi) is 7.33. The van der Waals surface area contributed by atoms with Crippen LogP contribution in [-0.2, 0) is 6.61 Å². The van der Waals surface area contributed by atoms with Crippen LogP contribution in [0.25, 0.3) is 0 Å². The summed E-state index contributed by atoms with van der Waals surface area (Å²) in [5.41, 5.74) is 5.76. The van der Waals surface area contributed by atoms with E-state index in [4.69, 9.17) is 32.7 Å². The number of nitrogens with one attached hydrogen (secondary N) is 1. The molecule has 0 unspecified atom stereocenters. The molecule has 0 aliphatic carbocycles. The van der Waals surface area contributed by atoms with E-state index in [-0.39, 0.29) is 5.91 Å². The summed E-state index contributed by atoms with van der Waals surface area (Å²) in [5, 5.41) is 4.92. The number of halogens is 2. The van der Waals surface area contributed by atoms with Crippen LogP contribution >= 0.6 is 23.2 Å². The highest BCUT2D eigenvalue weighted by atomic mass is 35.5. The van der Waals surface area contributed by atoms with Gasteiger partial charge in [0.15, 0.2) is 11.5 Å². The first-order valence-electron chi connectivity index (χ1n) is 9.11. The van der Waals surface area contributed by atoms with Gasteiger partial charge < -0.3 is 9.47 Å². The predicted octanol–water partition coefficient (Wildman–Crippen LogP) is 5.65. The number of ether oxygens (including phenoxy) is 2. The van der Waals surface area contributed by atoms with E-state index in [0.29, 0.717) is 39.3 Å². The van der Waals surface area contributed by atoms with E-state index in [1.54, 1.807) is 36.4 Å². The summed E-state index contributed by atoms with van der Waals surface area (Å²) >= 11 is 12.2. The van der Waals surface area contributed by atoms with E-state index in [1.165, 1.54) is 13.3 Å². The summed E-state index contributed by atoms with van der Waals surface area (Å²) < 4.78 is 11.3. The molecule has 0 aliphatic heterocycles. The lowest BCUT2D eigenvalue weighted by molar-refractivity contribution is 0.0955. The molecular weight excluding hydrogens is 423 g/mol. The van der Waals surface area contributed by atoms with Gasteiger partial charge >= 0.3 is 0 Å². The molecule has 1 N–H and O–H groups in total. The van der Waals surface area contributed by atoms with Crippen LogP contribution in [0.3, 0.4) is 0 Å². The molecule has 30 heavy (non-hydrogen) atoms. The van der Waals surface area contributed by atoms with Crippen molar-refractivity contribution >= 4 is 35.3 Å². The average Bonchev–Trinajstić information content (AvgIpc) is 2.74. The summed E-state index contributed by atoms with van der Waals surface area (Å²) in [6, 6.07) is 17.9. The van der Waals surface area contributed by atoms with Crippen molar-refractivity contribution in [2.75, 3.05) is 7.11 Å². The smallest absolute Gasteiger partial charge is 0.271 e. The first-order chi connectivity index (χ1) is 14.5. The summed E-state index contributed by atoms with van der Waals surface area (Å²) in [6.45, 7) is 2.39. The first kappa shape index (κ1) is 21.7. The zero-order valence-electron chi connectivity index (χ0n) is 16.5. The molecule has 0 radical (unpaired) electrons. The molecule has 0 heterocycles. The molecule has 3 rings (SSSR count). The van der Waals surface area contributed by atoms with Crippen molar-refractivity contribution in [2.45, 2.75) is 13.5 Å². The minimum absolute atomic E-state index is 0.348. The lowest BCUT2D eigenvalue weighted by atomic mass is 10.1. The second-order valence-corrected chi connectivity index (χ2v) is 7.30. The molecule has 5 nitrogen and oxygen atoms in total. The van der Waals surface area contributed by atoms with Gasteiger partial charge in [0.1, 0.15) is 6.61 Å². The third-order valence-electron chi connectivity index (χ3n) is 4.37. The van der Waals surface area contributed by atoms with Gasteiger partial charge in [0.25, 0.3) is 5.91 Å². The standard InChI is InChI=1S/C23H20Cl2N2O3/c1-15-5-3-4-6-18(15)14-30-22-20(25)11-16(12-21(22)29-2)13-26-27-23(28)17-7-9-19(24)10-8-17/h3-13H,14H2,1-2H3,(H,27,28)/b26-13-. The van der Waals surface area contributed by atoms with Gasteiger partial charge in [0.05, 0.1) is 18.3 Å². The quantitative estimate of drug-likeness (QED) is 0.379. The third-order valence-corrected chi connectivity index (χ3v) is 4.90. The van der Waals surface area contributed by atoms with Gasteiger partial charge in [-0.05, 0) is 60.0 Å². The summed E-state index contributed by atoms with van der Waals surface area (Å²) in [5.74, 6) is 0.575. The molecule has 0 aliphatic rings. The van der Waals surface area contributed by atoms with Gasteiger partial charge in [-0.25, -0.2) is 5.43 Å². The molecule has 0 aromatic heterocycles. The highest BCUT2D eigenvalue weighted by molar-refractivity contribution is 6.32. The Hall–Kier alpha value is -3.02. The maximum Gasteiger partial charge on any atom is 0.271 e. The molecule has 0 saturated heterocycles. The topological polar surface area (TPSA) is 59.9 Å². The van der Waals surface area contributed by atoms with E-state index < -0.39 is 0 Å². The van der Waals surface area contributed by atoms with Crippen LogP contribution in [-0.4, -0.2) is 19.2 Å². The molecule has 3 aromatic rings. The fourth-order valence-corrected chi connectivity index (χ4v) is 3.11. The lowest BCUT2D eigenvalue weighted by Gasteiger charge is -2.14. The highest BCUT2D eigenvalue weighted by Crippen LogP contribution is 2.36. The van der Waals surface area contributed by atoms with Crippen molar-refractivity contribution in [1.29, 1.82) is 0 Å². The van der Waals surface area contributed by atoms with Gasteiger partial charge in [-0.2, -0.15) is 5.10 Å². The number of carbonyl (C=O) groups excluding carboxylic acids is 1.